The number of nitrogens with zero attached hydrogens (tertiary/aromatic N) is 2. The number of carbonyl (C=O) groups excluding carboxylic acids is 1. The first-order chi connectivity index (χ1) is 13.2. The number of piperidine rings is 1. The summed E-state index contributed by atoms with van der Waals surface area (Å²) >= 11 is 0. The molecule has 6 nitrogen and oxygen atoms in total. The lowest BCUT2D eigenvalue weighted by Crippen LogP contribution is -2.35. The fraction of sp³-hybridized carbons (Fsp3) is 0.333. The molecule has 1 amide bonds. The lowest BCUT2D eigenvalue weighted by atomic mass is 10.1. The number of anilines is 3. The average molecular weight is 363 g/mol. The van der Waals surface area contributed by atoms with Crippen molar-refractivity contribution >= 4 is 34.0 Å². The molecule has 1 aliphatic heterocycles. The average Bonchev–Trinajstić information content (AvgIpc) is 3.11. The van der Waals surface area contributed by atoms with Gasteiger partial charge in [-0.3, -0.25) is 4.79 Å². The van der Waals surface area contributed by atoms with E-state index in [1.54, 1.807) is 6.20 Å². The van der Waals surface area contributed by atoms with Gasteiger partial charge in [0.1, 0.15) is 0 Å². The van der Waals surface area contributed by atoms with Gasteiger partial charge in [0.2, 0.25) is 0 Å². The van der Waals surface area contributed by atoms with Crippen molar-refractivity contribution in [3.05, 3.63) is 47.8 Å². The van der Waals surface area contributed by atoms with Crippen LogP contribution in [-0.2, 0) is 0 Å². The molecule has 0 radical (unpaired) electrons. The maximum absolute atomic E-state index is 13.1. The van der Waals surface area contributed by atoms with Gasteiger partial charge in [-0.15, -0.1) is 0 Å². The Hall–Kier alpha value is -3.02. The summed E-state index contributed by atoms with van der Waals surface area (Å²) in [7, 11) is 1.89. The summed E-state index contributed by atoms with van der Waals surface area (Å²) < 4.78 is 0. The van der Waals surface area contributed by atoms with Crippen LogP contribution in [0, 0.1) is 6.92 Å². The highest BCUT2D eigenvalue weighted by Crippen LogP contribution is 2.30. The molecule has 6 heteroatoms. The van der Waals surface area contributed by atoms with Crippen molar-refractivity contribution in [1.29, 1.82) is 0 Å². The highest BCUT2D eigenvalue weighted by molar-refractivity contribution is 6.10. The van der Waals surface area contributed by atoms with Crippen molar-refractivity contribution in [2.75, 3.05) is 30.8 Å². The van der Waals surface area contributed by atoms with E-state index in [-0.39, 0.29) is 5.91 Å². The molecule has 0 aliphatic carbocycles. The minimum Gasteiger partial charge on any atom is -0.388 e. The van der Waals surface area contributed by atoms with Crippen LogP contribution in [0.15, 0.2) is 36.7 Å². The third-order valence-electron chi connectivity index (χ3n) is 5.19. The Labute approximate surface area is 159 Å². The number of hydrogen-bond donors (Lipinski definition) is 3. The first kappa shape index (κ1) is 17.4. The highest BCUT2D eigenvalue weighted by Gasteiger charge is 2.23. The van der Waals surface area contributed by atoms with E-state index in [4.69, 9.17) is 0 Å². The summed E-state index contributed by atoms with van der Waals surface area (Å²) in [6.07, 6.45) is 7.01. The van der Waals surface area contributed by atoms with Crippen LogP contribution in [0.2, 0.25) is 0 Å². The Morgan fingerprint density at radius 3 is 2.74 bits per heavy atom. The predicted octanol–water partition coefficient (Wildman–Crippen LogP) is 4.28. The van der Waals surface area contributed by atoms with Gasteiger partial charge >= 0.3 is 0 Å². The predicted molar refractivity (Wildman–Crippen MR) is 110 cm³/mol. The van der Waals surface area contributed by atoms with Crippen LogP contribution in [0.4, 0.5) is 17.2 Å². The van der Waals surface area contributed by atoms with E-state index >= 15 is 0 Å². The summed E-state index contributed by atoms with van der Waals surface area (Å²) in [4.78, 5) is 22.9. The minimum absolute atomic E-state index is 0.0821. The van der Waals surface area contributed by atoms with Gasteiger partial charge in [0.25, 0.3) is 5.91 Å². The smallest absolute Gasteiger partial charge is 0.256 e. The van der Waals surface area contributed by atoms with Crippen LogP contribution >= 0.6 is 0 Å². The van der Waals surface area contributed by atoms with E-state index < -0.39 is 0 Å². The normalized spacial score (nSPS) is 14.4. The molecule has 3 N–H and O–H groups in total. The Kier molecular flexibility index (Phi) is 4.71. The Bertz CT molecular complexity index is 972. The molecule has 3 heterocycles. The maximum atomic E-state index is 13.1. The summed E-state index contributed by atoms with van der Waals surface area (Å²) in [5.74, 6) is 0.806. The standard InChI is InChI=1S/C21H25N5O/c1-14-12-23-19-18(14)17(21(27)26-9-4-3-5-10-26)13-24-20(19)25-16-8-6-7-15(11-16)22-2/h6-8,11-13,22-23H,3-5,9-10H2,1-2H3,(H,24,25). The van der Waals surface area contributed by atoms with E-state index in [1.807, 2.05) is 49.3 Å². The second-order valence-corrected chi connectivity index (χ2v) is 7.05. The topological polar surface area (TPSA) is 73.1 Å². The number of fused-ring (bicyclic) bond motifs is 1. The van der Waals surface area contributed by atoms with Crippen molar-refractivity contribution in [1.82, 2.24) is 14.9 Å². The molecule has 0 spiro atoms. The monoisotopic (exact) mass is 363 g/mol. The van der Waals surface area contributed by atoms with Crippen LogP contribution in [0.5, 0.6) is 0 Å². The van der Waals surface area contributed by atoms with E-state index in [0.29, 0.717) is 5.56 Å². The van der Waals surface area contributed by atoms with Crippen LogP contribution in [0.3, 0.4) is 0 Å². The summed E-state index contributed by atoms with van der Waals surface area (Å²) in [5, 5.41) is 7.46. The van der Waals surface area contributed by atoms with Crippen molar-refractivity contribution in [3.8, 4) is 0 Å². The summed E-state index contributed by atoms with van der Waals surface area (Å²) in [6, 6.07) is 8.01. The fourth-order valence-electron chi connectivity index (χ4n) is 3.73. The van der Waals surface area contributed by atoms with Gasteiger partial charge in [0.05, 0.1) is 11.1 Å². The van der Waals surface area contributed by atoms with Gasteiger partial charge in [-0.05, 0) is 49.9 Å². The Morgan fingerprint density at radius 1 is 1.19 bits per heavy atom. The number of aryl methyl sites for hydroxylation is 1. The fourth-order valence-corrected chi connectivity index (χ4v) is 3.73. The Morgan fingerprint density at radius 2 is 1.96 bits per heavy atom. The number of carbonyl (C=O) groups is 1. The second kappa shape index (κ2) is 7.31. The van der Waals surface area contributed by atoms with Gasteiger partial charge < -0.3 is 20.5 Å². The maximum Gasteiger partial charge on any atom is 0.256 e. The van der Waals surface area contributed by atoms with E-state index in [0.717, 1.165) is 59.6 Å². The number of nitrogens with one attached hydrogen (secondary N) is 3. The van der Waals surface area contributed by atoms with Crippen LogP contribution in [0.1, 0.15) is 35.2 Å². The molecule has 0 atom stereocenters. The number of aromatic amines is 1. The molecule has 0 saturated carbocycles. The number of aromatic nitrogens is 2. The number of rotatable bonds is 4. The zero-order valence-electron chi connectivity index (χ0n) is 15.8. The van der Waals surface area contributed by atoms with Gasteiger partial charge in [-0.25, -0.2) is 4.98 Å². The second-order valence-electron chi connectivity index (χ2n) is 7.05. The van der Waals surface area contributed by atoms with Gasteiger partial charge in [-0.1, -0.05) is 6.07 Å². The molecule has 3 aromatic rings. The zero-order chi connectivity index (χ0) is 18.8. The third kappa shape index (κ3) is 3.35. The number of hydrogen-bond acceptors (Lipinski definition) is 4. The quantitative estimate of drug-likeness (QED) is 0.647. The SMILES string of the molecule is CNc1cccc(Nc2ncc(C(=O)N3CCCCC3)c3c(C)c[nH]c23)c1. The molecular formula is C21H25N5O. The van der Waals surface area contributed by atoms with Crippen molar-refractivity contribution in [2.24, 2.45) is 0 Å². The number of likely N-dealkylation sites (tertiary alicyclic amines) is 1. The molecular weight excluding hydrogens is 338 g/mol. The molecule has 1 saturated heterocycles. The summed E-state index contributed by atoms with van der Waals surface area (Å²) in [6.45, 7) is 3.69. The van der Waals surface area contributed by atoms with Crippen LogP contribution in [0.25, 0.3) is 10.9 Å². The number of benzene rings is 1. The largest absolute Gasteiger partial charge is 0.388 e. The van der Waals surface area contributed by atoms with Crippen LogP contribution < -0.4 is 10.6 Å². The zero-order valence-corrected chi connectivity index (χ0v) is 15.8. The lowest BCUT2D eigenvalue weighted by Gasteiger charge is -2.27. The minimum atomic E-state index is 0.0821. The number of amides is 1. The molecule has 0 unspecified atom stereocenters. The molecule has 1 aliphatic rings. The van der Waals surface area contributed by atoms with Gasteiger partial charge in [0.15, 0.2) is 5.82 Å². The van der Waals surface area contributed by atoms with E-state index in [1.165, 1.54) is 6.42 Å². The molecule has 4 rings (SSSR count). The molecule has 27 heavy (non-hydrogen) atoms. The lowest BCUT2D eigenvalue weighted by molar-refractivity contribution is 0.0726. The number of H-pyrrole nitrogens is 1. The van der Waals surface area contributed by atoms with Crippen LogP contribution in [-0.4, -0.2) is 40.9 Å². The number of pyridine rings is 1. The van der Waals surface area contributed by atoms with Gasteiger partial charge in [-0.2, -0.15) is 0 Å². The van der Waals surface area contributed by atoms with Crippen molar-refractivity contribution < 1.29 is 4.79 Å². The van der Waals surface area contributed by atoms with E-state index in [2.05, 4.69) is 20.6 Å². The first-order valence-electron chi connectivity index (χ1n) is 9.48. The molecule has 140 valence electrons. The summed E-state index contributed by atoms with van der Waals surface area (Å²) in [5.41, 5.74) is 4.57. The Balaban J connectivity index is 1.71. The molecule has 1 fully saturated rings. The highest BCUT2D eigenvalue weighted by atomic mass is 16.2. The molecule has 2 aromatic heterocycles. The van der Waals surface area contributed by atoms with Crippen molar-refractivity contribution in [2.45, 2.75) is 26.2 Å². The van der Waals surface area contributed by atoms with Gasteiger partial charge in [0, 0.05) is 49.3 Å². The van der Waals surface area contributed by atoms with Crippen molar-refractivity contribution in [3.63, 3.8) is 0 Å². The van der Waals surface area contributed by atoms with E-state index in [9.17, 15) is 4.79 Å². The first-order valence-corrected chi connectivity index (χ1v) is 9.48. The third-order valence-corrected chi connectivity index (χ3v) is 5.19. The molecule has 0 bridgehead atoms. The molecule has 1 aromatic carbocycles.